The molecule has 1 amide bonds. The molecule has 0 unspecified atom stereocenters. The van der Waals surface area contributed by atoms with E-state index in [0.29, 0.717) is 19.7 Å². The average Bonchev–Trinajstić information content (AvgIpc) is 2.78. The highest BCUT2D eigenvalue weighted by Crippen LogP contribution is 2.14. The van der Waals surface area contributed by atoms with Crippen LogP contribution in [-0.4, -0.2) is 56.3 Å². The summed E-state index contributed by atoms with van der Waals surface area (Å²) < 4.78 is 31.9. The maximum Gasteiger partial charge on any atom is 0.246 e. The highest BCUT2D eigenvalue weighted by atomic mass is 32.2. The van der Waals surface area contributed by atoms with Crippen LogP contribution in [-0.2, 0) is 14.8 Å². The molecule has 0 spiro atoms. The van der Waals surface area contributed by atoms with E-state index in [-0.39, 0.29) is 19.0 Å². The molecule has 0 radical (unpaired) electrons. The first-order valence-electron chi connectivity index (χ1n) is 9.91. The van der Waals surface area contributed by atoms with Crippen LogP contribution < -0.4 is 4.74 Å². The zero-order chi connectivity index (χ0) is 21.4. The van der Waals surface area contributed by atoms with Crippen LogP contribution in [0.2, 0.25) is 0 Å². The molecule has 7 heteroatoms. The molecule has 6 nitrogen and oxygen atoms in total. The van der Waals surface area contributed by atoms with E-state index in [4.69, 9.17) is 4.74 Å². The Hall–Kier alpha value is -2.90. The zero-order valence-electron chi connectivity index (χ0n) is 17.0. The predicted octanol–water partition coefficient (Wildman–Crippen LogP) is 3.24. The number of piperazine rings is 1. The number of hydrogen-bond donors (Lipinski definition) is 0. The van der Waals surface area contributed by atoms with Crippen LogP contribution in [0.5, 0.6) is 5.75 Å². The predicted molar refractivity (Wildman–Crippen MR) is 119 cm³/mol. The Labute approximate surface area is 178 Å². The number of hydrogen-bond acceptors (Lipinski definition) is 4. The number of rotatable bonds is 7. The molecule has 3 rings (SSSR count). The standard InChI is InChI=1S/C23H26N2O4S/c1-2-29-22-11-8-21(9-12-22)10-13-23(26)24-15-17-25(18-16-24)30(27,28)19-14-20-6-4-3-5-7-20/h3-14,19H,2,15-18H2,1H3. The molecule has 0 aromatic heterocycles. The molecule has 1 fully saturated rings. The van der Waals surface area contributed by atoms with Crippen molar-refractivity contribution >= 4 is 28.1 Å². The fraction of sp³-hybridized carbons (Fsp3) is 0.261. The molecule has 1 aliphatic rings. The summed E-state index contributed by atoms with van der Waals surface area (Å²) in [6.07, 6.45) is 4.87. The van der Waals surface area contributed by atoms with Gasteiger partial charge in [0, 0.05) is 37.7 Å². The summed E-state index contributed by atoms with van der Waals surface area (Å²) in [5.41, 5.74) is 1.73. The van der Waals surface area contributed by atoms with Crippen LogP contribution >= 0.6 is 0 Å². The number of carbonyl (C=O) groups is 1. The van der Waals surface area contributed by atoms with Gasteiger partial charge in [-0.05, 0) is 42.3 Å². The highest BCUT2D eigenvalue weighted by molar-refractivity contribution is 7.92. The lowest BCUT2D eigenvalue weighted by molar-refractivity contribution is -0.127. The molecule has 158 valence electrons. The Morgan fingerprint density at radius 1 is 0.933 bits per heavy atom. The van der Waals surface area contributed by atoms with Crippen molar-refractivity contribution in [2.45, 2.75) is 6.92 Å². The summed E-state index contributed by atoms with van der Waals surface area (Å²) in [4.78, 5) is 14.1. The van der Waals surface area contributed by atoms with Crippen LogP contribution in [0.3, 0.4) is 0 Å². The van der Waals surface area contributed by atoms with Gasteiger partial charge in [0.25, 0.3) is 0 Å². The van der Waals surface area contributed by atoms with E-state index in [1.807, 2.05) is 61.5 Å². The molecule has 0 N–H and O–H groups in total. The Morgan fingerprint density at radius 2 is 1.57 bits per heavy atom. The van der Waals surface area contributed by atoms with E-state index in [1.54, 1.807) is 17.1 Å². The number of amides is 1. The van der Waals surface area contributed by atoms with Gasteiger partial charge in [0.2, 0.25) is 15.9 Å². The van der Waals surface area contributed by atoms with Gasteiger partial charge in [-0.15, -0.1) is 0 Å². The third-order valence-electron chi connectivity index (χ3n) is 4.75. The Kier molecular flexibility index (Phi) is 7.43. The molecule has 2 aromatic carbocycles. The second-order valence-corrected chi connectivity index (χ2v) is 8.64. The largest absolute Gasteiger partial charge is 0.494 e. The average molecular weight is 427 g/mol. The Bertz CT molecular complexity index is 991. The first-order valence-corrected chi connectivity index (χ1v) is 11.4. The fourth-order valence-electron chi connectivity index (χ4n) is 3.09. The van der Waals surface area contributed by atoms with Crippen LogP contribution in [0.15, 0.2) is 66.1 Å². The van der Waals surface area contributed by atoms with Crippen LogP contribution in [0, 0.1) is 0 Å². The summed E-state index contributed by atoms with van der Waals surface area (Å²) in [5, 5.41) is 1.23. The van der Waals surface area contributed by atoms with Crippen LogP contribution in [0.25, 0.3) is 12.2 Å². The van der Waals surface area contributed by atoms with Gasteiger partial charge in [-0.25, -0.2) is 8.42 Å². The van der Waals surface area contributed by atoms with E-state index < -0.39 is 10.0 Å². The second-order valence-electron chi connectivity index (χ2n) is 6.82. The second kappa shape index (κ2) is 10.2. The van der Waals surface area contributed by atoms with Crippen LogP contribution in [0.4, 0.5) is 0 Å². The topological polar surface area (TPSA) is 66.9 Å². The first-order chi connectivity index (χ1) is 14.5. The van der Waals surface area contributed by atoms with Gasteiger partial charge >= 0.3 is 0 Å². The minimum absolute atomic E-state index is 0.124. The Morgan fingerprint density at radius 3 is 2.20 bits per heavy atom. The lowest BCUT2D eigenvalue weighted by atomic mass is 10.2. The normalized spacial score (nSPS) is 15.7. The monoisotopic (exact) mass is 426 g/mol. The molecule has 0 atom stereocenters. The third-order valence-corrected chi connectivity index (χ3v) is 6.32. The van der Waals surface area contributed by atoms with Gasteiger partial charge in [-0.3, -0.25) is 4.79 Å². The quantitative estimate of drug-likeness (QED) is 0.638. The maximum atomic E-state index is 12.5. The number of benzene rings is 2. The van der Waals surface area contributed by atoms with Crippen molar-refractivity contribution in [3.63, 3.8) is 0 Å². The molecule has 0 aliphatic carbocycles. The Balaban J connectivity index is 1.53. The van der Waals surface area contributed by atoms with E-state index in [0.717, 1.165) is 16.9 Å². The van der Waals surface area contributed by atoms with Crippen LogP contribution in [0.1, 0.15) is 18.1 Å². The minimum atomic E-state index is -3.51. The van der Waals surface area contributed by atoms with Crippen molar-refractivity contribution in [2.75, 3.05) is 32.8 Å². The molecular weight excluding hydrogens is 400 g/mol. The maximum absolute atomic E-state index is 12.5. The van der Waals surface area contributed by atoms with E-state index >= 15 is 0 Å². The van der Waals surface area contributed by atoms with Gasteiger partial charge < -0.3 is 9.64 Å². The van der Waals surface area contributed by atoms with E-state index in [2.05, 4.69) is 0 Å². The van der Waals surface area contributed by atoms with Crippen molar-refractivity contribution in [1.82, 2.24) is 9.21 Å². The minimum Gasteiger partial charge on any atom is -0.494 e. The summed E-state index contributed by atoms with van der Waals surface area (Å²) in [6, 6.07) is 16.8. The fourth-order valence-corrected chi connectivity index (χ4v) is 4.27. The molecule has 0 bridgehead atoms. The molecule has 1 heterocycles. The molecule has 1 aliphatic heterocycles. The SMILES string of the molecule is CCOc1ccc(C=CC(=O)N2CCN(S(=O)(=O)C=Cc3ccccc3)CC2)cc1. The number of nitrogens with zero attached hydrogens (tertiary/aromatic N) is 2. The highest BCUT2D eigenvalue weighted by Gasteiger charge is 2.26. The molecule has 2 aromatic rings. The lowest BCUT2D eigenvalue weighted by Gasteiger charge is -2.32. The van der Waals surface area contributed by atoms with Crippen molar-refractivity contribution in [2.24, 2.45) is 0 Å². The van der Waals surface area contributed by atoms with Gasteiger partial charge in [0.05, 0.1) is 6.61 Å². The van der Waals surface area contributed by atoms with Gasteiger partial charge in [-0.2, -0.15) is 4.31 Å². The first kappa shape index (κ1) is 21.8. The lowest BCUT2D eigenvalue weighted by Crippen LogP contribution is -2.49. The summed E-state index contributed by atoms with van der Waals surface area (Å²) >= 11 is 0. The van der Waals surface area contributed by atoms with Crippen molar-refractivity contribution in [3.05, 3.63) is 77.2 Å². The summed E-state index contributed by atoms with van der Waals surface area (Å²) in [5.74, 6) is 0.667. The van der Waals surface area contributed by atoms with Gasteiger partial charge in [-0.1, -0.05) is 42.5 Å². The molecular formula is C23H26N2O4S. The smallest absolute Gasteiger partial charge is 0.246 e. The molecule has 1 saturated heterocycles. The molecule has 30 heavy (non-hydrogen) atoms. The van der Waals surface area contributed by atoms with E-state index in [1.165, 1.54) is 15.8 Å². The summed E-state index contributed by atoms with van der Waals surface area (Å²) in [7, 11) is -3.51. The number of sulfonamides is 1. The number of ether oxygens (including phenoxy) is 1. The zero-order valence-corrected chi connectivity index (χ0v) is 17.8. The molecule has 0 saturated carbocycles. The van der Waals surface area contributed by atoms with Crippen molar-refractivity contribution in [1.29, 1.82) is 0 Å². The van der Waals surface area contributed by atoms with Gasteiger partial charge in [0.15, 0.2) is 0 Å². The number of carbonyl (C=O) groups excluding carboxylic acids is 1. The summed E-state index contributed by atoms with van der Waals surface area (Å²) in [6.45, 7) is 3.83. The third kappa shape index (κ3) is 6.05. The van der Waals surface area contributed by atoms with Crippen molar-refractivity contribution in [3.8, 4) is 5.75 Å². The van der Waals surface area contributed by atoms with Gasteiger partial charge in [0.1, 0.15) is 5.75 Å². The van der Waals surface area contributed by atoms with E-state index in [9.17, 15) is 13.2 Å². The van der Waals surface area contributed by atoms with Crippen molar-refractivity contribution < 1.29 is 17.9 Å².